The number of hydrogen-bond donors (Lipinski definition) is 0. The van der Waals surface area contributed by atoms with Gasteiger partial charge in [-0.15, -0.1) is 0 Å². The van der Waals surface area contributed by atoms with Crippen molar-refractivity contribution in [3.63, 3.8) is 0 Å². The predicted octanol–water partition coefficient (Wildman–Crippen LogP) is 3.41. The van der Waals surface area contributed by atoms with Crippen molar-refractivity contribution in [2.45, 2.75) is 27.3 Å². The smallest absolute Gasteiger partial charge is 0.269 e. The number of nitro groups is 1. The Hall–Kier alpha value is -3.61. The standard InChI is InChI=1S/C22H20N3O4/c1-13(2)12-23-14(3)24(15-8-10-16(11-9-15)25(28)29)20-19(23)21(26)17-6-4-5-7-18(17)22(20)27/h4-11,13H,12H2,1-3H3/q+1. The van der Waals surface area contributed by atoms with Crippen LogP contribution in [0.2, 0.25) is 0 Å². The van der Waals surface area contributed by atoms with Crippen LogP contribution in [0.5, 0.6) is 0 Å². The van der Waals surface area contributed by atoms with E-state index in [0.29, 0.717) is 34.7 Å². The first-order valence-corrected chi connectivity index (χ1v) is 9.39. The molecule has 0 atom stereocenters. The summed E-state index contributed by atoms with van der Waals surface area (Å²) in [7, 11) is 0. The fourth-order valence-corrected chi connectivity index (χ4v) is 3.88. The molecule has 1 aromatic heterocycles. The zero-order chi connectivity index (χ0) is 20.9. The van der Waals surface area contributed by atoms with E-state index in [9.17, 15) is 19.7 Å². The molecule has 4 rings (SSSR count). The second-order valence-corrected chi connectivity index (χ2v) is 7.56. The minimum Gasteiger partial charge on any atom is -0.284 e. The maximum absolute atomic E-state index is 13.4. The maximum atomic E-state index is 13.4. The molecular weight excluding hydrogens is 370 g/mol. The largest absolute Gasteiger partial charge is 0.284 e. The van der Waals surface area contributed by atoms with Gasteiger partial charge in [0.15, 0.2) is 0 Å². The summed E-state index contributed by atoms with van der Waals surface area (Å²) in [6, 6.07) is 12.8. The highest BCUT2D eigenvalue weighted by Crippen LogP contribution is 2.30. The van der Waals surface area contributed by atoms with E-state index in [0.717, 1.165) is 5.82 Å². The number of imidazole rings is 1. The maximum Gasteiger partial charge on any atom is 0.269 e. The Labute approximate surface area is 167 Å². The number of non-ortho nitro benzene ring substituents is 1. The van der Waals surface area contributed by atoms with Crippen molar-refractivity contribution in [2.24, 2.45) is 5.92 Å². The Balaban J connectivity index is 2.00. The fourth-order valence-electron chi connectivity index (χ4n) is 3.88. The fraction of sp³-hybridized carbons (Fsp3) is 0.227. The number of aromatic nitrogens is 2. The van der Waals surface area contributed by atoms with E-state index in [1.807, 2.05) is 25.3 Å². The summed E-state index contributed by atoms with van der Waals surface area (Å²) in [5.41, 5.74) is 2.03. The van der Waals surface area contributed by atoms with Crippen molar-refractivity contribution in [1.82, 2.24) is 4.57 Å². The number of benzene rings is 2. The van der Waals surface area contributed by atoms with Crippen LogP contribution >= 0.6 is 0 Å². The molecule has 0 aliphatic heterocycles. The Morgan fingerprint density at radius 3 is 2.14 bits per heavy atom. The summed E-state index contributed by atoms with van der Waals surface area (Å²) in [4.78, 5) is 37.2. The molecule has 1 aliphatic rings. The molecule has 29 heavy (non-hydrogen) atoms. The van der Waals surface area contributed by atoms with Gasteiger partial charge in [-0.3, -0.25) is 19.7 Å². The van der Waals surface area contributed by atoms with Crippen molar-refractivity contribution < 1.29 is 19.1 Å². The van der Waals surface area contributed by atoms with Gasteiger partial charge in [0.2, 0.25) is 23.0 Å². The Morgan fingerprint density at radius 2 is 1.59 bits per heavy atom. The second kappa shape index (κ2) is 6.77. The van der Waals surface area contributed by atoms with Crippen molar-refractivity contribution in [3.8, 4) is 5.69 Å². The van der Waals surface area contributed by atoms with E-state index in [4.69, 9.17) is 0 Å². The minimum absolute atomic E-state index is 0.0322. The Bertz CT molecular complexity index is 1170. The lowest BCUT2D eigenvalue weighted by Gasteiger charge is -2.13. The summed E-state index contributed by atoms with van der Waals surface area (Å²) in [5, 5.41) is 11.0. The number of hydrogen-bond acceptors (Lipinski definition) is 4. The average Bonchev–Trinajstić information content (AvgIpc) is 2.98. The first-order valence-electron chi connectivity index (χ1n) is 9.39. The number of carbonyl (C=O) groups is 2. The molecule has 7 nitrogen and oxygen atoms in total. The van der Waals surface area contributed by atoms with Crippen LogP contribution < -0.4 is 4.57 Å². The van der Waals surface area contributed by atoms with Crippen LogP contribution in [-0.4, -0.2) is 21.1 Å². The number of rotatable bonds is 4. The zero-order valence-electron chi connectivity index (χ0n) is 16.4. The molecule has 7 heteroatoms. The van der Waals surface area contributed by atoms with Gasteiger partial charge in [0, 0.05) is 30.2 Å². The summed E-state index contributed by atoms with van der Waals surface area (Å²) in [6.45, 7) is 6.53. The van der Waals surface area contributed by atoms with E-state index in [1.165, 1.54) is 12.1 Å². The molecule has 0 saturated carbocycles. The van der Waals surface area contributed by atoms with Gasteiger partial charge in [-0.05, 0) is 18.1 Å². The van der Waals surface area contributed by atoms with Crippen LogP contribution in [0.15, 0.2) is 48.5 Å². The normalized spacial score (nSPS) is 12.8. The van der Waals surface area contributed by atoms with Crippen LogP contribution in [0.4, 0.5) is 5.69 Å². The lowest BCUT2D eigenvalue weighted by Crippen LogP contribution is -2.44. The third-order valence-electron chi connectivity index (χ3n) is 5.14. The third-order valence-corrected chi connectivity index (χ3v) is 5.14. The molecule has 0 N–H and O–H groups in total. The van der Waals surface area contributed by atoms with Crippen molar-refractivity contribution >= 4 is 17.3 Å². The second-order valence-electron chi connectivity index (χ2n) is 7.56. The zero-order valence-corrected chi connectivity index (χ0v) is 16.4. The Kier molecular flexibility index (Phi) is 4.38. The third kappa shape index (κ3) is 2.86. The van der Waals surface area contributed by atoms with E-state index < -0.39 is 4.92 Å². The molecule has 146 valence electrons. The van der Waals surface area contributed by atoms with Crippen molar-refractivity contribution in [3.05, 3.63) is 87.0 Å². The number of nitrogens with zero attached hydrogens (tertiary/aromatic N) is 3. The molecule has 0 fully saturated rings. The highest BCUT2D eigenvalue weighted by atomic mass is 16.6. The van der Waals surface area contributed by atoms with Gasteiger partial charge in [0.05, 0.1) is 11.5 Å². The number of nitro benzene ring substituents is 1. The van der Waals surface area contributed by atoms with E-state index in [-0.39, 0.29) is 23.2 Å². The van der Waals surface area contributed by atoms with Crippen LogP contribution in [0.3, 0.4) is 0 Å². The van der Waals surface area contributed by atoms with E-state index >= 15 is 0 Å². The molecule has 0 saturated heterocycles. The van der Waals surface area contributed by atoms with E-state index in [2.05, 4.69) is 0 Å². The van der Waals surface area contributed by atoms with Gasteiger partial charge >= 0.3 is 0 Å². The van der Waals surface area contributed by atoms with Gasteiger partial charge in [-0.2, -0.15) is 4.57 Å². The van der Waals surface area contributed by atoms with Gasteiger partial charge in [-0.1, -0.05) is 38.1 Å². The molecule has 1 heterocycles. The van der Waals surface area contributed by atoms with Gasteiger partial charge in [0.25, 0.3) is 11.5 Å². The number of carbonyl (C=O) groups excluding carboxylic acids is 2. The predicted molar refractivity (Wildman–Crippen MR) is 106 cm³/mol. The lowest BCUT2D eigenvalue weighted by molar-refractivity contribution is -0.708. The van der Waals surface area contributed by atoms with Gasteiger partial charge < -0.3 is 0 Å². The van der Waals surface area contributed by atoms with Gasteiger partial charge in [0.1, 0.15) is 5.69 Å². The summed E-state index contributed by atoms with van der Waals surface area (Å²) < 4.78 is 3.62. The first kappa shape index (κ1) is 18.7. The molecular formula is C22H20N3O4+. The van der Waals surface area contributed by atoms with E-state index in [1.54, 1.807) is 41.0 Å². The van der Waals surface area contributed by atoms with Gasteiger partial charge in [-0.25, -0.2) is 4.57 Å². The van der Waals surface area contributed by atoms with Crippen molar-refractivity contribution in [2.75, 3.05) is 0 Å². The monoisotopic (exact) mass is 390 g/mol. The summed E-state index contributed by atoms with van der Waals surface area (Å²) in [6.07, 6.45) is 0. The van der Waals surface area contributed by atoms with Crippen molar-refractivity contribution in [1.29, 1.82) is 0 Å². The number of fused-ring (bicyclic) bond motifs is 2. The molecule has 0 spiro atoms. The average molecular weight is 390 g/mol. The molecule has 0 amide bonds. The quantitative estimate of drug-likeness (QED) is 0.304. The SMILES string of the molecule is Cc1n(-c2ccc([N+](=O)[O-])cc2)c2c([n+]1CC(C)C)C(=O)c1ccccc1C2=O. The topological polar surface area (TPSA) is 86.1 Å². The first-order chi connectivity index (χ1) is 13.8. The van der Waals surface area contributed by atoms with Crippen LogP contribution in [0.1, 0.15) is 51.8 Å². The highest BCUT2D eigenvalue weighted by Gasteiger charge is 2.43. The summed E-state index contributed by atoms with van der Waals surface area (Å²) >= 11 is 0. The minimum atomic E-state index is -0.467. The van der Waals surface area contributed by atoms with Crippen LogP contribution in [-0.2, 0) is 6.54 Å². The number of ketones is 2. The Morgan fingerprint density at radius 1 is 1.00 bits per heavy atom. The van der Waals surface area contributed by atoms with Crippen LogP contribution in [0.25, 0.3) is 5.69 Å². The molecule has 0 bridgehead atoms. The molecule has 1 aliphatic carbocycles. The lowest BCUT2D eigenvalue weighted by atomic mass is 9.89. The molecule has 3 aromatic rings. The highest BCUT2D eigenvalue weighted by molar-refractivity contribution is 6.26. The van der Waals surface area contributed by atoms with Crippen LogP contribution in [0, 0.1) is 23.0 Å². The molecule has 2 aromatic carbocycles. The molecule has 0 unspecified atom stereocenters. The summed E-state index contributed by atoms with van der Waals surface area (Å²) in [5.74, 6) is 0.585. The molecule has 0 radical (unpaired) electrons.